The lowest BCUT2D eigenvalue weighted by atomic mass is 10.1. The molecule has 3 aromatic rings. The highest BCUT2D eigenvalue weighted by Crippen LogP contribution is 2.21. The third-order valence-electron chi connectivity index (χ3n) is 3.44. The number of amides is 1. The topological polar surface area (TPSA) is 94.0 Å². The van der Waals surface area contributed by atoms with E-state index in [2.05, 4.69) is 15.5 Å². The minimum atomic E-state index is -0.708. The van der Waals surface area contributed by atoms with Crippen LogP contribution in [0.4, 0.5) is 5.88 Å². The third kappa shape index (κ3) is 3.98. The SMILES string of the molecule is N[C@@H](Cc1ccc(Cl)cc1)C(=O)Nc1cc(-c2ccncc2)no1. The first-order valence-corrected chi connectivity index (χ1v) is 7.67. The fourth-order valence-electron chi connectivity index (χ4n) is 2.17. The van der Waals surface area contributed by atoms with Crippen molar-refractivity contribution in [1.29, 1.82) is 0 Å². The lowest BCUT2D eigenvalue weighted by Crippen LogP contribution is -2.37. The maximum atomic E-state index is 12.2. The molecule has 2 aromatic heterocycles. The van der Waals surface area contributed by atoms with Crippen LogP contribution in [-0.4, -0.2) is 22.1 Å². The van der Waals surface area contributed by atoms with Crippen molar-refractivity contribution in [3.63, 3.8) is 0 Å². The van der Waals surface area contributed by atoms with Gasteiger partial charge in [0.25, 0.3) is 0 Å². The van der Waals surface area contributed by atoms with Crippen molar-refractivity contribution >= 4 is 23.4 Å². The summed E-state index contributed by atoms with van der Waals surface area (Å²) in [5.41, 5.74) is 8.32. The van der Waals surface area contributed by atoms with Gasteiger partial charge >= 0.3 is 0 Å². The van der Waals surface area contributed by atoms with Crippen LogP contribution >= 0.6 is 11.6 Å². The van der Waals surface area contributed by atoms with E-state index in [1.165, 1.54) is 0 Å². The van der Waals surface area contributed by atoms with Gasteiger partial charge in [-0.15, -0.1) is 0 Å². The van der Waals surface area contributed by atoms with E-state index in [9.17, 15) is 4.79 Å². The van der Waals surface area contributed by atoms with Gasteiger partial charge in [-0.2, -0.15) is 0 Å². The summed E-state index contributed by atoms with van der Waals surface area (Å²) in [4.78, 5) is 16.1. The molecule has 3 rings (SSSR count). The van der Waals surface area contributed by atoms with E-state index in [0.29, 0.717) is 17.1 Å². The predicted molar refractivity (Wildman–Crippen MR) is 91.5 cm³/mol. The number of pyridine rings is 1. The number of carbonyl (C=O) groups excluding carboxylic acids is 1. The number of benzene rings is 1. The predicted octanol–water partition coefficient (Wildman–Crippen LogP) is 2.90. The van der Waals surface area contributed by atoms with E-state index >= 15 is 0 Å². The van der Waals surface area contributed by atoms with Gasteiger partial charge in [0.15, 0.2) is 0 Å². The molecule has 0 unspecified atom stereocenters. The first kappa shape index (κ1) is 16.2. The van der Waals surface area contributed by atoms with E-state index in [4.69, 9.17) is 21.9 Å². The normalized spacial score (nSPS) is 11.9. The Kier molecular flexibility index (Phi) is 4.88. The van der Waals surface area contributed by atoms with Crippen LogP contribution < -0.4 is 11.1 Å². The van der Waals surface area contributed by atoms with Gasteiger partial charge in [-0.25, -0.2) is 0 Å². The highest BCUT2D eigenvalue weighted by atomic mass is 35.5. The first-order chi connectivity index (χ1) is 11.6. The van der Waals surface area contributed by atoms with Crippen molar-refractivity contribution in [1.82, 2.24) is 10.1 Å². The lowest BCUT2D eigenvalue weighted by molar-refractivity contribution is -0.117. The minimum Gasteiger partial charge on any atom is -0.338 e. The van der Waals surface area contributed by atoms with Crippen LogP contribution in [0.3, 0.4) is 0 Å². The van der Waals surface area contributed by atoms with Crippen molar-refractivity contribution in [2.75, 3.05) is 5.32 Å². The monoisotopic (exact) mass is 342 g/mol. The third-order valence-corrected chi connectivity index (χ3v) is 3.69. The number of aromatic nitrogens is 2. The van der Waals surface area contributed by atoms with Crippen LogP contribution in [0.1, 0.15) is 5.56 Å². The van der Waals surface area contributed by atoms with Gasteiger partial charge in [-0.3, -0.25) is 15.1 Å². The second-order valence-electron chi connectivity index (χ2n) is 5.24. The zero-order chi connectivity index (χ0) is 16.9. The van der Waals surface area contributed by atoms with Gasteiger partial charge in [0, 0.05) is 29.0 Å². The Labute approximate surface area is 143 Å². The molecule has 2 heterocycles. The van der Waals surface area contributed by atoms with Gasteiger partial charge in [0.2, 0.25) is 11.8 Å². The maximum Gasteiger partial charge on any atom is 0.244 e. The summed E-state index contributed by atoms with van der Waals surface area (Å²) < 4.78 is 5.13. The van der Waals surface area contributed by atoms with E-state index in [1.807, 2.05) is 12.1 Å². The Hall–Kier alpha value is -2.70. The fraction of sp³-hybridized carbons (Fsp3) is 0.118. The smallest absolute Gasteiger partial charge is 0.244 e. The summed E-state index contributed by atoms with van der Waals surface area (Å²) >= 11 is 5.84. The van der Waals surface area contributed by atoms with Crippen LogP contribution in [0.5, 0.6) is 0 Å². The van der Waals surface area contributed by atoms with E-state index in [-0.39, 0.29) is 11.8 Å². The van der Waals surface area contributed by atoms with E-state index in [1.54, 1.807) is 42.7 Å². The summed E-state index contributed by atoms with van der Waals surface area (Å²) in [5, 5.41) is 7.19. The molecule has 0 aliphatic rings. The van der Waals surface area contributed by atoms with Gasteiger partial charge in [-0.05, 0) is 36.2 Å². The largest absolute Gasteiger partial charge is 0.338 e. The molecular formula is C17H15ClN4O2. The Morgan fingerprint density at radius 3 is 2.62 bits per heavy atom. The molecule has 6 nitrogen and oxygen atoms in total. The highest BCUT2D eigenvalue weighted by molar-refractivity contribution is 6.30. The summed E-state index contributed by atoms with van der Waals surface area (Å²) in [6.45, 7) is 0. The van der Waals surface area contributed by atoms with Crippen LogP contribution in [0.25, 0.3) is 11.3 Å². The lowest BCUT2D eigenvalue weighted by Gasteiger charge is -2.10. The zero-order valence-electron chi connectivity index (χ0n) is 12.6. The second kappa shape index (κ2) is 7.25. The molecular weight excluding hydrogens is 328 g/mol. The molecule has 7 heteroatoms. The summed E-state index contributed by atoms with van der Waals surface area (Å²) in [7, 11) is 0. The van der Waals surface area contributed by atoms with Crippen LogP contribution in [0.15, 0.2) is 59.4 Å². The van der Waals surface area contributed by atoms with Crippen LogP contribution in [0.2, 0.25) is 5.02 Å². The first-order valence-electron chi connectivity index (χ1n) is 7.30. The summed E-state index contributed by atoms with van der Waals surface area (Å²) in [6.07, 6.45) is 3.71. The molecule has 0 radical (unpaired) electrons. The Bertz CT molecular complexity index is 818. The van der Waals surface area contributed by atoms with Gasteiger partial charge in [0.05, 0.1) is 6.04 Å². The minimum absolute atomic E-state index is 0.248. The summed E-state index contributed by atoms with van der Waals surface area (Å²) in [5.74, 6) is -0.0965. The van der Waals surface area contributed by atoms with Gasteiger partial charge < -0.3 is 10.3 Å². The van der Waals surface area contributed by atoms with Crippen molar-refractivity contribution in [2.45, 2.75) is 12.5 Å². The Balaban J connectivity index is 1.62. The molecule has 0 bridgehead atoms. The molecule has 1 amide bonds. The molecule has 0 saturated carbocycles. The molecule has 1 aromatic carbocycles. The standard InChI is InChI=1S/C17H15ClN4O2/c18-13-3-1-11(2-4-13)9-14(19)17(23)21-16-10-15(22-24-16)12-5-7-20-8-6-12/h1-8,10,14H,9,19H2,(H,21,23)/t14-/m0/s1. The summed E-state index contributed by atoms with van der Waals surface area (Å²) in [6, 6.07) is 11.7. The Morgan fingerprint density at radius 1 is 1.21 bits per heavy atom. The molecule has 1 atom stereocenters. The molecule has 0 aliphatic heterocycles. The Morgan fingerprint density at radius 2 is 1.92 bits per heavy atom. The molecule has 24 heavy (non-hydrogen) atoms. The van der Waals surface area contributed by atoms with E-state index < -0.39 is 6.04 Å². The number of anilines is 1. The molecule has 0 saturated heterocycles. The molecule has 0 aliphatic carbocycles. The molecule has 3 N–H and O–H groups in total. The number of hydrogen-bond donors (Lipinski definition) is 2. The van der Waals surface area contributed by atoms with Crippen molar-refractivity contribution in [3.8, 4) is 11.3 Å². The molecule has 0 spiro atoms. The number of nitrogens with one attached hydrogen (secondary N) is 1. The second-order valence-corrected chi connectivity index (χ2v) is 5.68. The average molecular weight is 343 g/mol. The maximum absolute atomic E-state index is 12.2. The number of rotatable bonds is 5. The number of carbonyl (C=O) groups is 1. The molecule has 0 fully saturated rings. The van der Waals surface area contributed by atoms with Crippen molar-refractivity contribution in [3.05, 3.63) is 65.4 Å². The van der Waals surface area contributed by atoms with E-state index in [0.717, 1.165) is 11.1 Å². The van der Waals surface area contributed by atoms with Gasteiger partial charge in [0.1, 0.15) is 5.69 Å². The fourth-order valence-corrected chi connectivity index (χ4v) is 2.30. The number of nitrogens with two attached hydrogens (primary N) is 1. The number of halogens is 1. The quantitative estimate of drug-likeness (QED) is 0.743. The van der Waals surface area contributed by atoms with Gasteiger partial charge in [-0.1, -0.05) is 28.9 Å². The highest BCUT2D eigenvalue weighted by Gasteiger charge is 2.17. The number of nitrogens with zero attached hydrogens (tertiary/aromatic N) is 2. The zero-order valence-corrected chi connectivity index (χ0v) is 13.4. The molecule has 122 valence electrons. The van der Waals surface area contributed by atoms with Crippen LogP contribution in [0, 0.1) is 0 Å². The number of hydrogen-bond acceptors (Lipinski definition) is 5. The van der Waals surface area contributed by atoms with Crippen molar-refractivity contribution < 1.29 is 9.32 Å². The average Bonchev–Trinajstić information content (AvgIpc) is 3.06. The van der Waals surface area contributed by atoms with Crippen molar-refractivity contribution in [2.24, 2.45) is 5.73 Å². The van der Waals surface area contributed by atoms with Crippen LogP contribution in [-0.2, 0) is 11.2 Å².